The van der Waals surface area contributed by atoms with Gasteiger partial charge < -0.3 is 10.6 Å². The van der Waals surface area contributed by atoms with Crippen molar-refractivity contribution < 1.29 is 13.2 Å². The molecule has 0 bridgehead atoms. The fourth-order valence-corrected chi connectivity index (χ4v) is 2.83. The average molecular weight is 278 g/mol. The lowest BCUT2D eigenvalue weighted by Crippen LogP contribution is -2.50. The van der Waals surface area contributed by atoms with Gasteiger partial charge in [0.2, 0.25) is 5.91 Å². The van der Waals surface area contributed by atoms with E-state index in [2.05, 4.69) is 15.4 Å². The van der Waals surface area contributed by atoms with Gasteiger partial charge in [0.25, 0.3) is 10.2 Å². The van der Waals surface area contributed by atoms with Crippen molar-refractivity contribution in [1.29, 1.82) is 0 Å². The van der Waals surface area contributed by atoms with Gasteiger partial charge in [-0.3, -0.25) is 4.79 Å². The van der Waals surface area contributed by atoms with Crippen LogP contribution in [0.25, 0.3) is 0 Å². The maximum atomic E-state index is 11.8. The summed E-state index contributed by atoms with van der Waals surface area (Å²) in [6, 6.07) is 0. The number of carbonyl (C=O) groups is 1. The van der Waals surface area contributed by atoms with Gasteiger partial charge in [0.15, 0.2) is 0 Å². The Morgan fingerprint density at radius 2 is 1.94 bits per heavy atom. The zero-order valence-electron chi connectivity index (χ0n) is 10.7. The highest BCUT2D eigenvalue weighted by Crippen LogP contribution is 1.99. The van der Waals surface area contributed by atoms with E-state index in [1.54, 1.807) is 0 Å². The molecule has 106 valence electrons. The summed E-state index contributed by atoms with van der Waals surface area (Å²) in [4.78, 5) is 11.3. The van der Waals surface area contributed by atoms with Crippen molar-refractivity contribution in [3.8, 4) is 0 Å². The molecule has 0 spiro atoms. The molecule has 1 heterocycles. The molecule has 8 heteroatoms. The minimum absolute atomic E-state index is 0.125. The first-order chi connectivity index (χ1) is 8.56. The van der Waals surface area contributed by atoms with Crippen molar-refractivity contribution in [3.63, 3.8) is 0 Å². The smallest absolute Gasteiger partial charge is 0.279 e. The first kappa shape index (κ1) is 15.4. The van der Waals surface area contributed by atoms with Crippen molar-refractivity contribution in [1.82, 2.24) is 19.7 Å². The Bertz CT molecular complexity index is 352. The molecule has 0 saturated carbocycles. The number of rotatable bonds is 7. The highest BCUT2D eigenvalue weighted by molar-refractivity contribution is 7.87. The summed E-state index contributed by atoms with van der Waals surface area (Å²) in [6.45, 7) is 5.00. The van der Waals surface area contributed by atoms with Crippen molar-refractivity contribution >= 4 is 16.1 Å². The van der Waals surface area contributed by atoms with Gasteiger partial charge in [0.1, 0.15) is 0 Å². The largest absolute Gasteiger partial charge is 0.356 e. The number of nitrogens with zero attached hydrogens (tertiary/aromatic N) is 1. The van der Waals surface area contributed by atoms with Crippen molar-refractivity contribution in [2.24, 2.45) is 0 Å². The normalized spacial score (nSPS) is 17.6. The zero-order valence-corrected chi connectivity index (χ0v) is 11.6. The van der Waals surface area contributed by atoms with Gasteiger partial charge in [0.05, 0.1) is 0 Å². The third-order valence-electron chi connectivity index (χ3n) is 2.62. The molecule has 0 unspecified atom stereocenters. The van der Waals surface area contributed by atoms with Gasteiger partial charge in [0, 0.05) is 45.7 Å². The highest BCUT2D eigenvalue weighted by Gasteiger charge is 2.22. The summed E-state index contributed by atoms with van der Waals surface area (Å²) in [5.41, 5.74) is 0. The van der Waals surface area contributed by atoms with E-state index >= 15 is 0 Å². The monoisotopic (exact) mass is 278 g/mol. The van der Waals surface area contributed by atoms with E-state index in [1.807, 2.05) is 6.92 Å². The maximum Gasteiger partial charge on any atom is 0.279 e. The molecule has 1 amide bonds. The molecular weight excluding hydrogens is 256 g/mol. The second kappa shape index (κ2) is 7.67. The topological polar surface area (TPSA) is 90.5 Å². The van der Waals surface area contributed by atoms with E-state index in [4.69, 9.17) is 0 Å². The highest BCUT2D eigenvalue weighted by atomic mass is 32.2. The molecule has 1 aliphatic heterocycles. The van der Waals surface area contributed by atoms with E-state index in [0.717, 1.165) is 6.42 Å². The van der Waals surface area contributed by atoms with Crippen molar-refractivity contribution in [3.05, 3.63) is 0 Å². The molecule has 1 aliphatic rings. The molecule has 18 heavy (non-hydrogen) atoms. The molecule has 1 fully saturated rings. The molecule has 7 nitrogen and oxygen atoms in total. The van der Waals surface area contributed by atoms with Gasteiger partial charge in [-0.1, -0.05) is 6.92 Å². The quantitative estimate of drug-likeness (QED) is 0.536. The zero-order chi connectivity index (χ0) is 13.4. The van der Waals surface area contributed by atoms with Crippen LogP contribution in [0.1, 0.15) is 19.8 Å². The third-order valence-corrected chi connectivity index (χ3v) is 4.24. The molecule has 0 radical (unpaired) electrons. The van der Waals surface area contributed by atoms with Crippen LogP contribution < -0.4 is 15.4 Å². The van der Waals surface area contributed by atoms with Crippen LogP contribution in [0.15, 0.2) is 0 Å². The molecule has 1 rings (SSSR count). The maximum absolute atomic E-state index is 11.8. The first-order valence-corrected chi connectivity index (χ1v) is 7.72. The Morgan fingerprint density at radius 1 is 1.28 bits per heavy atom. The molecular formula is C10H22N4O3S. The van der Waals surface area contributed by atoms with Crippen LogP contribution in [0.4, 0.5) is 0 Å². The lowest BCUT2D eigenvalue weighted by molar-refractivity contribution is -0.120. The minimum atomic E-state index is -3.44. The summed E-state index contributed by atoms with van der Waals surface area (Å²) in [5, 5.41) is 5.79. The van der Waals surface area contributed by atoms with Crippen LogP contribution in [-0.2, 0) is 15.0 Å². The Morgan fingerprint density at radius 3 is 2.56 bits per heavy atom. The van der Waals surface area contributed by atoms with Crippen LogP contribution in [0, 0.1) is 0 Å². The van der Waals surface area contributed by atoms with E-state index < -0.39 is 10.2 Å². The van der Waals surface area contributed by atoms with E-state index in [9.17, 15) is 13.2 Å². The number of piperazine rings is 1. The second-order valence-electron chi connectivity index (χ2n) is 4.15. The van der Waals surface area contributed by atoms with Crippen LogP contribution >= 0.6 is 0 Å². The lowest BCUT2D eigenvalue weighted by Gasteiger charge is -2.26. The summed E-state index contributed by atoms with van der Waals surface area (Å²) in [7, 11) is -3.44. The molecule has 1 saturated heterocycles. The van der Waals surface area contributed by atoms with Crippen LogP contribution in [0.3, 0.4) is 0 Å². The van der Waals surface area contributed by atoms with Gasteiger partial charge in [-0.05, 0) is 6.42 Å². The van der Waals surface area contributed by atoms with Gasteiger partial charge in [-0.2, -0.15) is 12.7 Å². The van der Waals surface area contributed by atoms with E-state index in [-0.39, 0.29) is 18.9 Å². The van der Waals surface area contributed by atoms with Crippen LogP contribution in [-0.4, -0.2) is 57.9 Å². The Hall–Kier alpha value is -0.700. The Kier molecular flexibility index (Phi) is 6.55. The Balaban J connectivity index is 2.26. The van der Waals surface area contributed by atoms with E-state index in [1.165, 1.54) is 4.31 Å². The fourth-order valence-electron chi connectivity index (χ4n) is 1.62. The summed E-state index contributed by atoms with van der Waals surface area (Å²) < 4.78 is 27.5. The minimum Gasteiger partial charge on any atom is -0.356 e. The molecule has 3 N–H and O–H groups in total. The predicted molar refractivity (Wildman–Crippen MR) is 69.3 cm³/mol. The standard InChI is InChI=1S/C10H22N4O3S/c1-2-4-12-10(15)3-5-13-18(16,17)14-8-6-11-7-9-14/h11,13H,2-9H2,1H3,(H,12,15). The SMILES string of the molecule is CCCNC(=O)CCNS(=O)(=O)N1CCNCC1. The molecule has 0 atom stereocenters. The summed E-state index contributed by atoms with van der Waals surface area (Å²) in [6.07, 6.45) is 1.05. The Labute approximate surface area is 108 Å². The van der Waals surface area contributed by atoms with Crippen LogP contribution in [0.2, 0.25) is 0 Å². The number of amides is 1. The lowest BCUT2D eigenvalue weighted by atomic mass is 10.4. The number of nitrogens with one attached hydrogen (secondary N) is 3. The number of hydrogen-bond acceptors (Lipinski definition) is 4. The third kappa shape index (κ3) is 5.30. The van der Waals surface area contributed by atoms with Crippen molar-refractivity contribution in [2.75, 3.05) is 39.3 Å². The number of carbonyl (C=O) groups excluding carboxylic acids is 1. The van der Waals surface area contributed by atoms with Crippen molar-refractivity contribution in [2.45, 2.75) is 19.8 Å². The molecule has 0 aromatic carbocycles. The average Bonchev–Trinajstić information content (AvgIpc) is 2.37. The van der Waals surface area contributed by atoms with Crippen LogP contribution in [0.5, 0.6) is 0 Å². The molecule has 0 aliphatic carbocycles. The molecule has 0 aromatic heterocycles. The summed E-state index contributed by atoms with van der Waals surface area (Å²) >= 11 is 0. The number of hydrogen-bond donors (Lipinski definition) is 3. The van der Waals surface area contributed by atoms with E-state index in [0.29, 0.717) is 32.7 Å². The van der Waals surface area contributed by atoms with Gasteiger partial charge in [-0.15, -0.1) is 0 Å². The molecule has 0 aromatic rings. The fraction of sp³-hybridized carbons (Fsp3) is 0.900. The van der Waals surface area contributed by atoms with Gasteiger partial charge in [-0.25, -0.2) is 4.72 Å². The summed E-state index contributed by atoms with van der Waals surface area (Å²) in [5.74, 6) is -0.125. The van der Waals surface area contributed by atoms with Gasteiger partial charge >= 0.3 is 0 Å². The first-order valence-electron chi connectivity index (χ1n) is 6.28. The predicted octanol–water partition coefficient (Wildman–Crippen LogP) is -1.36. The second-order valence-corrected chi connectivity index (χ2v) is 5.90.